The Balaban J connectivity index is 2.07. The van der Waals surface area contributed by atoms with E-state index in [-0.39, 0.29) is 5.91 Å². The average Bonchev–Trinajstić information content (AvgIpc) is 2.46. The lowest BCUT2D eigenvalue weighted by Gasteiger charge is -2.30. The van der Waals surface area contributed by atoms with Crippen molar-refractivity contribution in [3.8, 4) is 0 Å². The highest BCUT2D eigenvalue weighted by atomic mass is 16.2. The fourth-order valence-corrected chi connectivity index (χ4v) is 2.84. The van der Waals surface area contributed by atoms with E-state index in [1.54, 1.807) is 6.92 Å². The Bertz CT molecular complexity index is 432. The predicted octanol–water partition coefficient (Wildman–Crippen LogP) is 4.09. The molecule has 0 unspecified atom stereocenters. The van der Waals surface area contributed by atoms with Crippen molar-refractivity contribution < 1.29 is 4.79 Å². The molecular formula is C17H23NO. The van der Waals surface area contributed by atoms with E-state index in [0.29, 0.717) is 5.92 Å². The maximum Gasteiger partial charge on any atom is 0.223 e. The molecule has 0 saturated heterocycles. The average molecular weight is 257 g/mol. The van der Waals surface area contributed by atoms with Gasteiger partial charge in [-0.1, -0.05) is 56.2 Å². The second-order valence-corrected chi connectivity index (χ2v) is 5.45. The first kappa shape index (κ1) is 13.9. The summed E-state index contributed by atoms with van der Waals surface area (Å²) in [5, 5.41) is 0. The van der Waals surface area contributed by atoms with Crippen molar-refractivity contribution in [3.63, 3.8) is 0 Å². The topological polar surface area (TPSA) is 20.3 Å². The summed E-state index contributed by atoms with van der Waals surface area (Å²) in [6.45, 7) is 6.58. The molecule has 0 atom stereocenters. The Kier molecular flexibility index (Phi) is 4.78. The van der Waals surface area contributed by atoms with Gasteiger partial charge in [0, 0.05) is 19.2 Å². The van der Waals surface area contributed by atoms with Gasteiger partial charge in [-0.2, -0.15) is 0 Å². The number of hydrogen-bond acceptors (Lipinski definition) is 1. The van der Waals surface area contributed by atoms with Crippen LogP contribution in [0.15, 0.2) is 36.9 Å². The van der Waals surface area contributed by atoms with Crippen molar-refractivity contribution in [2.24, 2.45) is 5.92 Å². The van der Waals surface area contributed by atoms with Gasteiger partial charge >= 0.3 is 0 Å². The molecule has 0 radical (unpaired) electrons. The Morgan fingerprint density at radius 3 is 2.42 bits per heavy atom. The highest BCUT2D eigenvalue weighted by Gasteiger charge is 2.21. The van der Waals surface area contributed by atoms with Crippen molar-refractivity contribution >= 4 is 11.6 Å². The standard InChI is InChI=1S/C17H23NO/c1-14(17-11-7-4-8-12-17)18(15(2)19)13-16-9-5-3-6-10-16/h4,7-8,11-12,16H,1,3,5-6,9-10,13H2,2H3. The summed E-state index contributed by atoms with van der Waals surface area (Å²) >= 11 is 0. The summed E-state index contributed by atoms with van der Waals surface area (Å²) in [4.78, 5) is 13.7. The van der Waals surface area contributed by atoms with Crippen LogP contribution in [0.1, 0.15) is 44.6 Å². The molecule has 1 amide bonds. The fourth-order valence-electron chi connectivity index (χ4n) is 2.84. The van der Waals surface area contributed by atoms with Crippen LogP contribution in [0, 0.1) is 5.92 Å². The molecule has 1 saturated carbocycles. The van der Waals surface area contributed by atoms with E-state index in [4.69, 9.17) is 0 Å². The van der Waals surface area contributed by atoms with Crippen molar-refractivity contribution in [1.29, 1.82) is 0 Å². The van der Waals surface area contributed by atoms with Crippen LogP contribution < -0.4 is 0 Å². The smallest absolute Gasteiger partial charge is 0.223 e. The molecule has 1 aromatic rings. The third-order valence-electron chi connectivity index (χ3n) is 3.98. The second kappa shape index (κ2) is 6.55. The molecule has 2 heteroatoms. The van der Waals surface area contributed by atoms with Crippen LogP contribution in [0.5, 0.6) is 0 Å². The van der Waals surface area contributed by atoms with Crippen LogP contribution in [0.3, 0.4) is 0 Å². The zero-order valence-electron chi connectivity index (χ0n) is 11.8. The first-order valence-electron chi connectivity index (χ1n) is 7.21. The Hall–Kier alpha value is -1.57. The van der Waals surface area contributed by atoms with Gasteiger partial charge in [0.25, 0.3) is 0 Å². The quantitative estimate of drug-likeness (QED) is 0.795. The maximum atomic E-state index is 11.9. The fraction of sp³-hybridized carbons (Fsp3) is 0.471. The van der Waals surface area contributed by atoms with E-state index >= 15 is 0 Å². The first-order valence-corrected chi connectivity index (χ1v) is 7.21. The second-order valence-electron chi connectivity index (χ2n) is 5.45. The van der Waals surface area contributed by atoms with Crippen LogP contribution in [-0.2, 0) is 4.79 Å². The van der Waals surface area contributed by atoms with Gasteiger partial charge in [0.2, 0.25) is 5.91 Å². The maximum absolute atomic E-state index is 11.9. The summed E-state index contributed by atoms with van der Waals surface area (Å²) in [7, 11) is 0. The van der Waals surface area contributed by atoms with Gasteiger partial charge in [0.1, 0.15) is 0 Å². The van der Waals surface area contributed by atoms with E-state index < -0.39 is 0 Å². The molecule has 0 heterocycles. The SMILES string of the molecule is C=C(c1ccccc1)N(CC1CCCCC1)C(C)=O. The Labute approximate surface area is 116 Å². The minimum absolute atomic E-state index is 0.0967. The van der Waals surface area contributed by atoms with Gasteiger partial charge in [-0.25, -0.2) is 0 Å². The van der Waals surface area contributed by atoms with Crippen molar-refractivity contribution in [1.82, 2.24) is 4.90 Å². The number of amides is 1. The molecule has 0 bridgehead atoms. The summed E-state index contributed by atoms with van der Waals surface area (Å²) < 4.78 is 0. The van der Waals surface area contributed by atoms with E-state index in [9.17, 15) is 4.79 Å². The molecular weight excluding hydrogens is 234 g/mol. The summed E-state index contributed by atoms with van der Waals surface area (Å²) in [6, 6.07) is 9.98. The zero-order chi connectivity index (χ0) is 13.7. The van der Waals surface area contributed by atoms with E-state index in [2.05, 4.69) is 6.58 Å². The first-order chi connectivity index (χ1) is 9.18. The number of nitrogens with zero attached hydrogens (tertiary/aromatic N) is 1. The number of hydrogen-bond donors (Lipinski definition) is 0. The normalized spacial score (nSPS) is 16.1. The zero-order valence-corrected chi connectivity index (χ0v) is 11.8. The van der Waals surface area contributed by atoms with Gasteiger partial charge in [-0.3, -0.25) is 4.79 Å². The van der Waals surface area contributed by atoms with Crippen molar-refractivity contribution in [2.75, 3.05) is 6.54 Å². The lowest BCUT2D eigenvalue weighted by molar-refractivity contribution is -0.126. The van der Waals surface area contributed by atoms with E-state index in [1.807, 2.05) is 35.2 Å². The minimum atomic E-state index is 0.0967. The van der Waals surface area contributed by atoms with E-state index in [1.165, 1.54) is 32.1 Å². The van der Waals surface area contributed by atoms with Gasteiger partial charge in [0.05, 0.1) is 0 Å². The van der Waals surface area contributed by atoms with Gasteiger partial charge < -0.3 is 4.90 Å². The number of benzene rings is 1. The summed E-state index contributed by atoms with van der Waals surface area (Å²) in [6.07, 6.45) is 6.43. The molecule has 1 aliphatic carbocycles. The highest BCUT2D eigenvalue weighted by Crippen LogP contribution is 2.27. The summed E-state index contributed by atoms with van der Waals surface area (Å²) in [5.41, 5.74) is 1.87. The minimum Gasteiger partial charge on any atom is -0.312 e. The molecule has 0 spiro atoms. The molecule has 102 valence electrons. The molecule has 0 aromatic heterocycles. The lowest BCUT2D eigenvalue weighted by Crippen LogP contribution is -2.32. The van der Waals surface area contributed by atoms with Crippen LogP contribution in [-0.4, -0.2) is 17.4 Å². The molecule has 0 N–H and O–H groups in total. The molecule has 1 aromatic carbocycles. The van der Waals surface area contributed by atoms with Gasteiger partial charge in [-0.05, 0) is 24.3 Å². The van der Waals surface area contributed by atoms with Gasteiger partial charge in [-0.15, -0.1) is 0 Å². The molecule has 0 aliphatic heterocycles. The van der Waals surface area contributed by atoms with Crippen LogP contribution in [0.25, 0.3) is 5.70 Å². The van der Waals surface area contributed by atoms with Crippen LogP contribution in [0.4, 0.5) is 0 Å². The molecule has 19 heavy (non-hydrogen) atoms. The summed E-state index contributed by atoms with van der Waals surface area (Å²) in [5.74, 6) is 0.734. The largest absolute Gasteiger partial charge is 0.312 e. The van der Waals surface area contributed by atoms with Gasteiger partial charge in [0.15, 0.2) is 0 Å². The third kappa shape index (κ3) is 3.69. The predicted molar refractivity (Wildman–Crippen MR) is 79.4 cm³/mol. The third-order valence-corrected chi connectivity index (χ3v) is 3.98. The number of carbonyl (C=O) groups excluding carboxylic acids is 1. The lowest BCUT2D eigenvalue weighted by atomic mass is 9.88. The number of rotatable bonds is 4. The van der Waals surface area contributed by atoms with Crippen molar-refractivity contribution in [2.45, 2.75) is 39.0 Å². The number of carbonyl (C=O) groups is 1. The Morgan fingerprint density at radius 2 is 1.84 bits per heavy atom. The van der Waals surface area contributed by atoms with Crippen LogP contribution >= 0.6 is 0 Å². The highest BCUT2D eigenvalue weighted by molar-refractivity contribution is 5.84. The van der Waals surface area contributed by atoms with E-state index in [0.717, 1.165) is 17.8 Å². The molecule has 1 fully saturated rings. The van der Waals surface area contributed by atoms with Crippen LogP contribution in [0.2, 0.25) is 0 Å². The molecule has 1 aliphatic rings. The Morgan fingerprint density at radius 1 is 1.21 bits per heavy atom. The molecule has 2 rings (SSSR count). The monoisotopic (exact) mass is 257 g/mol. The molecule has 2 nitrogen and oxygen atoms in total. The van der Waals surface area contributed by atoms with Crippen molar-refractivity contribution in [3.05, 3.63) is 42.5 Å².